The molecule has 0 saturated heterocycles. The lowest BCUT2D eigenvalue weighted by molar-refractivity contribution is -0.384. The fraction of sp³-hybridized carbons (Fsp3) is 0.0435. The minimum Gasteiger partial charge on any atom is -0.489 e. The summed E-state index contributed by atoms with van der Waals surface area (Å²) < 4.78 is 5.69. The van der Waals surface area contributed by atoms with Gasteiger partial charge < -0.3 is 9.84 Å². The van der Waals surface area contributed by atoms with Crippen molar-refractivity contribution >= 4 is 23.3 Å². The van der Waals surface area contributed by atoms with E-state index in [0.717, 1.165) is 11.1 Å². The lowest BCUT2D eigenvalue weighted by Crippen LogP contribution is -1.96. The van der Waals surface area contributed by atoms with Gasteiger partial charge in [0.05, 0.1) is 22.1 Å². The van der Waals surface area contributed by atoms with Gasteiger partial charge in [-0.2, -0.15) is 5.26 Å². The molecule has 3 aromatic rings. The molecule has 3 aromatic carbocycles. The Morgan fingerprint density at radius 2 is 1.60 bits per heavy atom. The number of hydrogen-bond acceptors (Lipinski definition) is 5. The molecule has 0 aliphatic rings. The van der Waals surface area contributed by atoms with E-state index in [1.54, 1.807) is 54.6 Å². The van der Waals surface area contributed by atoms with Gasteiger partial charge in [0.2, 0.25) is 0 Å². The predicted molar refractivity (Wildman–Crippen MR) is 111 cm³/mol. The summed E-state index contributed by atoms with van der Waals surface area (Å²) in [7, 11) is 0. The topological polar surface area (TPSA) is 113 Å². The third-order valence-electron chi connectivity index (χ3n) is 4.31. The smallest absolute Gasteiger partial charge is 0.335 e. The van der Waals surface area contributed by atoms with Crippen LogP contribution in [0.15, 0.2) is 72.8 Å². The number of carbonyl (C=O) groups is 1. The van der Waals surface area contributed by atoms with Crippen LogP contribution in [-0.2, 0) is 6.61 Å². The highest BCUT2D eigenvalue weighted by atomic mass is 16.6. The van der Waals surface area contributed by atoms with Gasteiger partial charge in [-0.25, -0.2) is 4.79 Å². The second kappa shape index (κ2) is 9.17. The Bertz CT molecular complexity index is 1130. The number of carboxylic acids is 1. The Morgan fingerprint density at radius 1 is 1.00 bits per heavy atom. The lowest BCUT2D eigenvalue weighted by Gasteiger charge is -2.07. The summed E-state index contributed by atoms with van der Waals surface area (Å²) in [6.07, 6.45) is 1.70. The number of nitrogens with zero attached hydrogens (tertiary/aromatic N) is 2. The molecule has 0 aliphatic carbocycles. The lowest BCUT2D eigenvalue weighted by atomic mass is 10.0. The van der Waals surface area contributed by atoms with E-state index in [2.05, 4.69) is 6.07 Å². The number of non-ortho nitro benzene ring substituents is 1. The van der Waals surface area contributed by atoms with Crippen molar-refractivity contribution in [3.05, 3.63) is 105 Å². The summed E-state index contributed by atoms with van der Waals surface area (Å²) in [5.74, 6) is -0.400. The molecule has 0 saturated carbocycles. The van der Waals surface area contributed by atoms with Crippen molar-refractivity contribution < 1.29 is 19.6 Å². The Labute approximate surface area is 172 Å². The maximum atomic E-state index is 10.9. The maximum Gasteiger partial charge on any atom is 0.335 e. The number of hydrogen-bond donors (Lipinski definition) is 1. The highest BCUT2D eigenvalue weighted by Gasteiger charge is 2.06. The Balaban J connectivity index is 1.67. The number of nitriles is 1. The highest BCUT2D eigenvalue weighted by molar-refractivity contribution is 5.92. The molecule has 0 heterocycles. The summed E-state index contributed by atoms with van der Waals surface area (Å²) in [5.41, 5.74) is 2.82. The zero-order chi connectivity index (χ0) is 21.5. The van der Waals surface area contributed by atoms with Crippen molar-refractivity contribution in [3.63, 3.8) is 0 Å². The molecule has 0 fully saturated rings. The Hall–Kier alpha value is -4.44. The number of benzene rings is 3. The standard InChI is InChI=1S/C23H16N2O5/c24-14-20(18-5-7-19(8-6-18)23(26)27)13-16-3-11-22(12-4-16)30-15-17-1-9-21(10-2-17)25(28)29/h1-13H,15H2,(H,26,27). The molecule has 0 unspecified atom stereocenters. The van der Waals surface area contributed by atoms with Crippen LogP contribution in [0, 0.1) is 21.4 Å². The zero-order valence-electron chi connectivity index (χ0n) is 15.7. The molecule has 0 aromatic heterocycles. The summed E-state index contributed by atoms with van der Waals surface area (Å²) in [4.78, 5) is 21.2. The average Bonchev–Trinajstić information content (AvgIpc) is 2.77. The number of nitro groups is 1. The van der Waals surface area contributed by atoms with Gasteiger partial charge in [0, 0.05) is 12.1 Å². The van der Waals surface area contributed by atoms with E-state index in [9.17, 15) is 20.2 Å². The highest BCUT2D eigenvalue weighted by Crippen LogP contribution is 2.21. The van der Waals surface area contributed by atoms with Gasteiger partial charge in [0.1, 0.15) is 12.4 Å². The molecule has 0 atom stereocenters. The largest absolute Gasteiger partial charge is 0.489 e. The molecule has 0 radical (unpaired) electrons. The number of allylic oxidation sites excluding steroid dienone is 1. The molecule has 0 aliphatic heterocycles. The fourth-order valence-corrected chi connectivity index (χ4v) is 2.68. The van der Waals surface area contributed by atoms with Gasteiger partial charge in [-0.3, -0.25) is 10.1 Å². The van der Waals surface area contributed by atoms with Gasteiger partial charge in [0.25, 0.3) is 5.69 Å². The van der Waals surface area contributed by atoms with E-state index >= 15 is 0 Å². The van der Waals surface area contributed by atoms with Crippen LogP contribution in [0.5, 0.6) is 5.75 Å². The van der Waals surface area contributed by atoms with Gasteiger partial charge >= 0.3 is 5.97 Å². The van der Waals surface area contributed by atoms with Crippen LogP contribution in [0.3, 0.4) is 0 Å². The summed E-state index contributed by atoms with van der Waals surface area (Å²) in [6, 6.07) is 21.5. The molecule has 0 bridgehead atoms. The summed E-state index contributed by atoms with van der Waals surface area (Å²) >= 11 is 0. The van der Waals surface area contributed by atoms with Crippen molar-refractivity contribution in [1.82, 2.24) is 0 Å². The van der Waals surface area contributed by atoms with Crippen molar-refractivity contribution in [1.29, 1.82) is 5.26 Å². The molecule has 7 nitrogen and oxygen atoms in total. The number of rotatable bonds is 7. The van der Waals surface area contributed by atoms with Gasteiger partial charge in [-0.1, -0.05) is 24.3 Å². The Morgan fingerprint density at radius 3 is 2.13 bits per heavy atom. The van der Waals surface area contributed by atoms with Gasteiger partial charge in [0.15, 0.2) is 0 Å². The van der Waals surface area contributed by atoms with Crippen molar-refractivity contribution in [2.24, 2.45) is 0 Å². The average molecular weight is 400 g/mol. The number of nitro benzene ring substituents is 1. The molecule has 0 amide bonds. The van der Waals surface area contributed by atoms with Crippen LogP contribution in [0.2, 0.25) is 0 Å². The van der Waals surface area contributed by atoms with Crippen molar-refractivity contribution in [3.8, 4) is 11.8 Å². The molecule has 30 heavy (non-hydrogen) atoms. The quantitative estimate of drug-likeness (QED) is 0.260. The molecule has 3 rings (SSSR count). The zero-order valence-corrected chi connectivity index (χ0v) is 15.7. The van der Waals surface area contributed by atoms with Gasteiger partial charge in [-0.15, -0.1) is 0 Å². The minimum atomic E-state index is -1.02. The van der Waals surface area contributed by atoms with E-state index in [0.29, 0.717) is 16.9 Å². The predicted octanol–water partition coefficient (Wildman–Crippen LogP) is 4.94. The van der Waals surface area contributed by atoms with Crippen molar-refractivity contribution in [2.75, 3.05) is 0 Å². The van der Waals surface area contributed by atoms with Crippen LogP contribution < -0.4 is 4.74 Å². The maximum absolute atomic E-state index is 10.9. The van der Waals surface area contributed by atoms with E-state index in [4.69, 9.17) is 9.84 Å². The first kappa shape index (κ1) is 20.3. The van der Waals surface area contributed by atoms with Crippen molar-refractivity contribution in [2.45, 2.75) is 6.61 Å². The van der Waals surface area contributed by atoms with E-state index in [-0.39, 0.29) is 17.9 Å². The van der Waals surface area contributed by atoms with Crippen LogP contribution in [0.4, 0.5) is 5.69 Å². The number of carboxylic acid groups (broad SMARTS) is 1. The summed E-state index contributed by atoms with van der Waals surface area (Å²) in [5, 5.41) is 29.1. The third-order valence-corrected chi connectivity index (χ3v) is 4.31. The normalized spacial score (nSPS) is 10.8. The van der Waals surface area contributed by atoms with E-state index < -0.39 is 10.9 Å². The second-order valence-corrected chi connectivity index (χ2v) is 6.33. The molecule has 1 N–H and O–H groups in total. The second-order valence-electron chi connectivity index (χ2n) is 6.33. The molecular formula is C23H16N2O5. The first-order valence-electron chi connectivity index (χ1n) is 8.88. The molecular weight excluding hydrogens is 384 g/mol. The first-order valence-corrected chi connectivity index (χ1v) is 8.88. The monoisotopic (exact) mass is 400 g/mol. The van der Waals surface area contributed by atoms with E-state index in [1.807, 2.05) is 0 Å². The molecule has 0 spiro atoms. The van der Waals surface area contributed by atoms with Gasteiger partial charge in [-0.05, 0) is 59.2 Å². The first-order chi connectivity index (χ1) is 14.5. The minimum absolute atomic E-state index is 0.0285. The number of aromatic carboxylic acids is 1. The SMILES string of the molecule is N#CC(=Cc1ccc(OCc2ccc([N+](=O)[O-])cc2)cc1)c1ccc(C(=O)O)cc1. The Kier molecular flexibility index (Phi) is 6.20. The van der Waals surface area contributed by atoms with Crippen LogP contribution in [0.25, 0.3) is 11.6 Å². The van der Waals surface area contributed by atoms with Crippen LogP contribution in [-0.4, -0.2) is 16.0 Å². The van der Waals surface area contributed by atoms with Crippen LogP contribution >= 0.6 is 0 Å². The van der Waals surface area contributed by atoms with Crippen LogP contribution in [0.1, 0.15) is 27.0 Å². The molecule has 148 valence electrons. The number of ether oxygens (including phenoxy) is 1. The van der Waals surface area contributed by atoms with E-state index in [1.165, 1.54) is 24.3 Å². The fourth-order valence-electron chi connectivity index (χ4n) is 2.68. The molecule has 7 heteroatoms. The summed E-state index contributed by atoms with van der Waals surface area (Å²) in [6.45, 7) is 0.270. The third kappa shape index (κ3) is 5.09.